The summed E-state index contributed by atoms with van der Waals surface area (Å²) in [5.41, 5.74) is 3.17. The first-order chi connectivity index (χ1) is 9.69. The molecule has 0 amide bonds. The Bertz CT molecular complexity index is 706. The Morgan fingerprint density at radius 3 is 2.95 bits per heavy atom. The van der Waals surface area contributed by atoms with E-state index in [2.05, 4.69) is 27.3 Å². The van der Waals surface area contributed by atoms with Gasteiger partial charge in [-0.05, 0) is 48.2 Å². The topological polar surface area (TPSA) is 35.8 Å². The number of benzene rings is 2. The van der Waals surface area contributed by atoms with Crippen LogP contribution in [0.3, 0.4) is 0 Å². The van der Waals surface area contributed by atoms with Crippen molar-refractivity contribution in [3.63, 3.8) is 0 Å². The molecule has 3 rings (SSSR count). The van der Waals surface area contributed by atoms with Gasteiger partial charge >= 0.3 is 0 Å². The first kappa shape index (κ1) is 13.1. The van der Waals surface area contributed by atoms with E-state index in [1.165, 1.54) is 6.07 Å². The largest absolute Gasteiger partial charge is 0.377 e. The fourth-order valence-corrected chi connectivity index (χ4v) is 3.04. The number of hydrogen-bond acceptors (Lipinski definition) is 2. The van der Waals surface area contributed by atoms with Gasteiger partial charge in [0, 0.05) is 4.47 Å². The minimum absolute atomic E-state index is 0.0639. The molecule has 0 radical (unpaired) electrons. The Kier molecular flexibility index (Phi) is 3.45. The van der Waals surface area contributed by atoms with Crippen molar-refractivity contribution >= 4 is 21.6 Å². The van der Waals surface area contributed by atoms with Gasteiger partial charge in [-0.15, -0.1) is 0 Å². The van der Waals surface area contributed by atoms with E-state index < -0.39 is 0 Å². The summed E-state index contributed by atoms with van der Waals surface area (Å²) in [7, 11) is 0. The first-order valence-electron chi connectivity index (χ1n) is 6.42. The number of nitrogens with zero attached hydrogens (tertiary/aromatic N) is 1. The fraction of sp³-hybridized carbons (Fsp3) is 0.188. The number of nitriles is 1. The van der Waals surface area contributed by atoms with E-state index in [0.717, 1.165) is 34.1 Å². The number of hydrogen-bond donors (Lipinski definition) is 1. The van der Waals surface area contributed by atoms with Crippen molar-refractivity contribution in [2.75, 3.05) is 5.32 Å². The summed E-state index contributed by atoms with van der Waals surface area (Å²) in [6.07, 6.45) is 1.58. The molecule has 1 unspecified atom stereocenters. The van der Waals surface area contributed by atoms with Gasteiger partial charge in [-0.1, -0.05) is 28.1 Å². The van der Waals surface area contributed by atoms with Gasteiger partial charge in [0.05, 0.1) is 17.3 Å². The number of anilines is 1. The van der Waals surface area contributed by atoms with Gasteiger partial charge < -0.3 is 5.32 Å². The van der Waals surface area contributed by atoms with Crippen LogP contribution in [0.15, 0.2) is 40.9 Å². The highest BCUT2D eigenvalue weighted by Gasteiger charge is 2.25. The Hall–Kier alpha value is -1.86. The molecule has 1 atom stereocenters. The molecule has 1 aliphatic carbocycles. The van der Waals surface area contributed by atoms with Crippen LogP contribution in [0.2, 0.25) is 0 Å². The maximum Gasteiger partial charge on any atom is 0.126 e. The van der Waals surface area contributed by atoms with Crippen LogP contribution in [0, 0.1) is 17.1 Å². The van der Waals surface area contributed by atoms with Crippen LogP contribution in [-0.4, -0.2) is 0 Å². The molecule has 0 spiro atoms. The predicted molar refractivity (Wildman–Crippen MR) is 79.9 cm³/mol. The Labute approximate surface area is 125 Å². The quantitative estimate of drug-likeness (QED) is 0.876. The van der Waals surface area contributed by atoms with Crippen LogP contribution in [0.5, 0.6) is 0 Å². The van der Waals surface area contributed by atoms with Crippen molar-refractivity contribution in [3.8, 4) is 6.07 Å². The third-order valence-corrected chi connectivity index (χ3v) is 4.14. The summed E-state index contributed by atoms with van der Waals surface area (Å²) in [6, 6.07) is 13.0. The van der Waals surface area contributed by atoms with Crippen molar-refractivity contribution in [2.24, 2.45) is 0 Å². The predicted octanol–water partition coefficient (Wildman–Crippen LogP) is 4.56. The van der Waals surface area contributed by atoms with E-state index in [1.807, 2.05) is 18.2 Å². The van der Waals surface area contributed by atoms with Gasteiger partial charge in [-0.3, -0.25) is 0 Å². The van der Waals surface area contributed by atoms with Gasteiger partial charge in [0.15, 0.2) is 0 Å². The molecule has 0 saturated heterocycles. The highest BCUT2D eigenvalue weighted by atomic mass is 79.9. The standard InChI is InChI=1S/C16H12BrFN2/c17-11-4-6-15(10(8-11)9-19)20-16-7-5-12-13(16)2-1-3-14(12)18/h1-4,6,8,16,20H,5,7H2. The van der Waals surface area contributed by atoms with Crippen molar-refractivity contribution in [1.82, 2.24) is 0 Å². The molecule has 1 N–H and O–H groups in total. The first-order valence-corrected chi connectivity index (χ1v) is 7.22. The van der Waals surface area contributed by atoms with Crippen molar-refractivity contribution in [1.29, 1.82) is 5.26 Å². The fourth-order valence-electron chi connectivity index (χ4n) is 2.68. The third kappa shape index (κ3) is 2.30. The molecule has 2 aromatic rings. The number of rotatable bonds is 2. The van der Waals surface area contributed by atoms with Crippen LogP contribution in [-0.2, 0) is 6.42 Å². The zero-order chi connectivity index (χ0) is 14.1. The maximum absolute atomic E-state index is 13.7. The summed E-state index contributed by atoms with van der Waals surface area (Å²) in [5.74, 6) is -0.136. The van der Waals surface area contributed by atoms with Gasteiger partial charge in [0.25, 0.3) is 0 Å². The van der Waals surface area contributed by atoms with E-state index in [-0.39, 0.29) is 11.9 Å². The average molecular weight is 331 g/mol. The van der Waals surface area contributed by atoms with Crippen LogP contribution in [0.25, 0.3) is 0 Å². The second-order valence-corrected chi connectivity index (χ2v) is 5.76. The highest BCUT2D eigenvalue weighted by Crippen LogP contribution is 2.36. The summed E-state index contributed by atoms with van der Waals surface area (Å²) in [5, 5.41) is 12.5. The summed E-state index contributed by atoms with van der Waals surface area (Å²) < 4.78 is 14.6. The molecule has 0 aromatic heterocycles. The maximum atomic E-state index is 13.7. The second kappa shape index (κ2) is 5.26. The molecule has 0 fully saturated rings. The van der Waals surface area contributed by atoms with Crippen molar-refractivity contribution in [2.45, 2.75) is 18.9 Å². The summed E-state index contributed by atoms with van der Waals surface area (Å²) in [4.78, 5) is 0. The molecule has 0 aliphatic heterocycles. The molecular weight excluding hydrogens is 319 g/mol. The monoisotopic (exact) mass is 330 g/mol. The average Bonchev–Trinajstić information content (AvgIpc) is 2.85. The SMILES string of the molecule is N#Cc1cc(Br)ccc1NC1CCc2c(F)cccc21. The minimum atomic E-state index is -0.136. The molecule has 0 saturated carbocycles. The normalized spacial score (nSPS) is 16.6. The van der Waals surface area contributed by atoms with Crippen LogP contribution >= 0.6 is 15.9 Å². The van der Waals surface area contributed by atoms with E-state index in [0.29, 0.717) is 5.56 Å². The summed E-state index contributed by atoms with van der Waals surface area (Å²) in [6.45, 7) is 0. The number of fused-ring (bicyclic) bond motifs is 1. The minimum Gasteiger partial charge on any atom is -0.377 e. The van der Waals surface area contributed by atoms with E-state index in [9.17, 15) is 9.65 Å². The molecular formula is C16H12BrFN2. The third-order valence-electron chi connectivity index (χ3n) is 3.65. The molecule has 100 valence electrons. The lowest BCUT2D eigenvalue weighted by molar-refractivity contribution is 0.612. The van der Waals surface area contributed by atoms with E-state index >= 15 is 0 Å². The van der Waals surface area contributed by atoms with Gasteiger partial charge in [0.1, 0.15) is 11.9 Å². The molecule has 20 heavy (non-hydrogen) atoms. The smallest absolute Gasteiger partial charge is 0.126 e. The molecule has 2 nitrogen and oxygen atoms in total. The van der Waals surface area contributed by atoms with E-state index in [4.69, 9.17) is 0 Å². The molecule has 0 bridgehead atoms. The lowest BCUT2D eigenvalue weighted by Gasteiger charge is -2.16. The molecule has 4 heteroatoms. The zero-order valence-corrected chi connectivity index (χ0v) is 12.2. The van der Waals surface area contributed by atoms with Crippen LogP contribution in [0.1, 0.15) is 29.2 Å². The Morgan fingerprint density at radius 2 is 2.15 bits per heavy atom. The molecule has 1 aliphatic rings. The van der Waals surface area contributed by atoms with Crippen LogP contribution < -0.4 is 5.32 Å². The zero-order valence-electron chi connectivity index (χ0n) is 10.7. The number of nitrogens with one attached hydrogen (secondary N) is 1. The summed E-state index contributed by atoms with van der Waals surface area (Å²) >= 11 is 3.36. The van der Waals surface area contributed by atoms with Gasteiger partial charge in [-0.25, -0.2) is 4.39 Å². The van der Waals surface area contributed by atoms with Crippen molar-refractivity contribution in [3.05, 3.63) is 63.4 Å². The van der Waals surface area contributed by atoms with Crippen LogP contribution in [0.4, 0.5) is 10.1 Å². The number of halogens is 2. The van der Waals surface area contributed by atoms with E-state index in [1.54, 1.807) is 12.1 Å². The second-order valence-electron chi connectivity index (χ2n) is 4.84. The highest BCUT2D eigenvalue weighted by molar-refractivity contribution is 9.10. The van der Waals surface area contributed by atoms with Gasteiger partial charge in [0.2, 0.25) is 0 Å². The molecule has 0 heterocycles. The Balaban J connectivity index is 1.92. The lowest BCUT2D eigenvalue weighted by Crippen LogP contribution is -2.08. The van der Waals surface area contributed by atoms with Gasteiger partial charge in [-0.2, -0.15) is 5.26 Å². The lowest BCUT2D eigenvalue weighted by atomic mass is 10.1. The van der Waals surface area contributed by atoms with Crippen molar-refractivity contribution < 1.29 is 4.39 Å². The molecule has 2 aromatic carbocycles. The Morgan fingerprint density at radius 1 is 1.30 bits per heavy atom.